The molecule has 0 aliphatic heterocycles. The van der Waals surface area contributed by atoms with Gasteiger partial charge in [-0.1, -0.05) is 11.3 Å². The maximum absolute atomic E-state index is 11.9. The lowest BCUT2D eigenvalue weighted by Crippen LogP contribution is -2.13. The van der Waals surface area contributed by atoms with Gasteiger partial charge in [-0.25, -0.2) is 4.98 Å². The van der Waals surface area contributed by atoms with Crippen molar-refractivity contribution in [2.45, 2.75) is 13.8 Å². The number of anilines is 2. The van der Waals surface area contributed by atoms with Crippen molar-refractivity contribution < 1.29 is 4.79 Å². The first-order chi connectivity index (χ1) is 8.58. The van der Waals surface area contributed by atoms with Gasteiger partial charge in [0.15, 0.2) is 0 Å². The molecule has 0 saturated heterocycles. The number of carbonyl (C=O) groups is 1. The first kappa shape index (κ1) is 12.4. The molecule has 2 aromatic heterocycles. The van der Waals surface area contributed by atoms with Crippen molar-refractivity contribution in [3.8, 4) is 0 Å². The molecule has 0 atom stereocenters. The molecule has 6 nitrogen and oxygen atoms in total. The second kappa shape index (κ2) is 5.09. The zero-order valence-electron chi connectivity index (χ0n) is 10.3. The summed E-state index contributed by atoms with van der Waals surface area (Å²) >= 11 is 1.20. The summed E-state index contributed by atoms with van der Waals surface area (Å²) in [6.07, 6.45) is 0. The van der Waals surface area contributed by atoms with Crippen LogP contribution in [0.1, 0.15) is 21.1 Å². The summed E-state index contributed by atoms with van der Waals surface area (Å²) in [4.78, 5) is 16.1. The Balaban J connectivity index is 2.15. The third-order valence-corrected chi connectivity index (χ3v) is 3.11. The monoisotopic (exact) mass is 263 g/mol. The van der Waals surface area contributed by atoms with Crippen molar-refractivity contribution in [3.63, 3.8) is 0 Å². The molecule has 0 unspecified atom stereocenters. The minimum Gasteiger partial charge on any atom is -0.363 e. The molecule has 0 aliphatic rings. The van der Waals surface area contributed by atoms with Gasteiger partial charge in [0.2, 0.25) is 10.1 Å². The van der Waals surface area contributed by atoms with Gasteiger partial charge < -0.3 is 10.6 Å². The van der Waals surface area contributed by atoms with Crippen molar-refractivity contribution in [3.05, 3.63) is 28.4 Å². The molecule has 0 spiro atoms. The van der Waals surface area contributed by atoms with E-state index in [2.05, 4.69) is 25.8 Å². The number of carbonyl (C=O) groups excluding carboxylic acids is 1. The van der Waals surface area contributed by atoms with Crippen LogP contribution in [0.15, 0.2) is 12.1 Å². The van der Waals surface area contributed by atoms with Gasteiger partial charge in [0.25, 0.3) is 5.91 Å². The molecule has 2 heterocycles. The van der Waals surface area contributed by atoms with E-state index in [0.29, 0.717) is 16.0 Å². The number of pyridine rings is 1. The second-order valence-corrected chi connectivity index (χ2v) is 4.77. The normalized spacial score (nSPS) is 10.2. The maximum Gasteiger partial charge on any atom is 0.287 e. The molecule has 1 amide bonds. The van der Waals surface area contributed by atoms with Crippen LogP contribution in [-0.4, -0.2) is 28.1 Å². The van der Waals surface area contributed by atoms with E-state index in [-0.39, 0.29) is 5.91 Å². The van der Waals surface area contributed by atoms with Gasteiger partial charge in [0.1, 0.15) is 5.82 Å². The van der Waals surface area contributed by atoms with Gasteiger partial charge in [0.05, 0.1) is 0 Å². The SMILES string of the molecule is CNc1nnc(C(=O)Nc2cc(C)cc(C)n2)s1. The summed E-state index contributed by atoms with van der Waals surface area (Å²) in [5.41, 5.74) is 1.91. The second-order valence-electron chi connectivity index (χ2n) is 3.79. The lowest BCUT2D eigenvalue weighted by atomic mass is 10.2. The van der Waals surface area contributed by atoms with Crippen LogP contribution < -0.4 is 10.6 Å². The first-order valence-electron chi connectivity index (χ1n) is 5.36. The number of amides is 1. The molecular formula is C11H13N5OS. The number of nitrogens with one attached hydrogen (secondary N) is 2. The molecule has 94 valence electrons. The summed E-state index contributed by atoms with van der Waals surface area (Å²) in [5.74, 6) is 0.227. The van der Waals surface area contributed by atoms with E-state index in [9.17, 15) is 4.79 Å². The summed E-state index contributed by atoms with van der Waals surface area (Å²) in [7, 11) is 1.73. The van der Waals surface area contributed by atoms with E-state index in [1.165, 1.54) is 11.3 Å². The third-order valence-electron chi connectivity index (χ3n) is 2.17. The van der Waals surface area contributed by atoms with Crippen LogP contribution in [0, 0.1) is 13.8 Å². The van der Waals surface area contributed by atoms with Gasteiger partial charge >= 0.3 is 0 Å². The van der Waals surface area contributed by atoms with E-state index in [1.54, 1.807) is 7.05 Å². The molecule has 0 radical (unpaired) electrons. The van der Waals surface area contributed by atoms with Crippen LogP contribution in [0.4, 0.5) is 10.9 Å². The molecule has 7 heteroatoms. The fourth-order valence-corrected chi connectivity index (χ4v) is 2.08. The Hall–Kier alpha value is -2.02. The highest BCUT2D eigenvalue weighted by Gasteiger charge is 2.13. The van der Waals surface area contributed by atoms with Crippen molar-refractivity contribution in [1.82, 2.24) is 15.2 Å². The zero-order chi connectivity index (χ0) is 13.1. The van der Waals surface area contributed by atoms with E-state index in [0.717, 1.165) is 11.3 Å². The highest BCUT2D eigenvalue weighted by atomic mass is 32.1. The average Bonchev–Trinajstić information content (AvgIpc) is 2.75. The van der Waals surface area contributed by atoms with E-state index >= 15 is 0 Å². The topological polar surface area (TPSA) is 79.8 Å². The van der Waals surface area contributed by atoms with E-state index < -0.39 is 0 Å². The number of aryl methyl sites for hydroxylation is 2. The molecule has 0 aromatic carbocycles. The van der Waals surface area contributed by atoms with Gasteiger partial charge in [0, 0.05) is 12.7 Å². The van der Waals surface area contributed by atoms with Crippen molar-refractivity contribution >= 4 is 28.2 Å². The Bertz CT molecular complexity index is 560. The largest absolute Gasteiger partial charge is 0.363 e. The Morgan fingerprint density at radius 1 is 1.28 bits per heavy atom. The number of hydrogen-bond donors (Lipinski definition) is 2. The Morgan fingerprint density at radius 3 is 2.67 bits per heavy atom. The molecule has 0 aliphatic carbocycles. The minimum absolute atomic E-state index is 0.300. The van der Waals surface area contributed by atoms with Gasteiger partial charge in [-0.05, 0) is 31.5 Å². The number of hydrogen-bond acceptors (Lipinski definition) is 6. The summed E-state index contributed by atoms with van der Waals surface area (Å²) in [5, 5.41) is 14.1. The number of nitrogens with zero attached hydrogens (tertiary/aromatic N) is 3. The summed E-state index contributed by atoms with van der Waals surface area (Å²) in [6.45, 7) is 3.83. The van der Waals surface area contributed by atoms with Gasteiger partial charge in [-0.2, -0.15) is 0 Å². The molecule has 2 rings (SSSR count). The molecule has 0 fully saturated rings. The number of rotatable bonds is 3. The molecule has 2 aromatic rings. The quantitative estimate of drug-likeness (QED) is 0.883. The van der Waals surface area contributed by atoms with E-state index in [1.807, 2.05) is 26.0 Å². The van der Waals surface area contributed by atoms with Crippen LogP contribution in [0.3, 0.4) is 0 Å². The first-order valence-corrected chi connectivity index (χ1v) is 6.18. The molecule has 0 saturated carbocycles. The standard InChI is InChI=1S/C11H13N5OS/c1-6-4-7(2)13-8(5-6)14-9(17)10-15-16-11(12-3)18-10/h4-5H,1-3H3,(H,12,16)(H,13,14,17). The molecule has 2 N–H and O–H groups in total. The Kier molecular flexibility index (Phi) is 3.52. The number of aromatic nitrogens is 3. The maximum atomic E-state index is 11.9. The van der Waals surface area contributed by atoms with Crippen LogP contribution in [0.25, 0.3) is 0 Å². The summed E-state index contributed by atoms with van der Waals surface area (Å²) < 4.78 is 0. The minimum atomic E-state index is -0.300. The molecular weight excluding hydrogens is 250 g/mol. The molecule has 18 heavy (non-hydrogen) atoms. The lowest BCUT2D eigenvalue weighted by Gasteiger charge is -2.04. The average molecular weight is 263 g/mol. The lowest BCUT2D eigenvalue weighted by molar-refractivity contribution is 0.102. The zero-order valence-corrected chi connectivity index (χ0v) is 11.1. The van der Waals surface area contributed by atoms with Crippen molar-refractivity contribution in [2.24, 2.45) is 0 Å². The van der Waals surface area contributed by atoms with Crippen LogP contribution in [-0.2, 0) is 0 Å². The Labute approximate surface area is 108 Å². The van der Waals surface area contributed by atoms with Gasteiger partial charge in [-0.3, -0.25) is 4.79 Å². The molecule has 0 bridgehead atoms. The fourth-order valence-electron chi connectivity index (χ4n) is 1.49. The van der Waals surface area contributed by atoms with Crippen LogP contribution in [0.5, 0.6) is 0 Å². The predicted octanol–water partition coefficient (Wildman–Crippen LogP) is 1.84. The van der Waals surface area contributed by atoms with Crippen LogP contribution >= 0.6 is 11.3 Å². The van der Waals surface area contributed by atoms with Gasteiger partial charge in [-0.15, -0.1) is 10.2 Å². The van der Waals surface area contributed by atoms with Crippen LogP contribution in [0.2, 0.25) is 0 Å². The smallest absolute Gasteiger partial charge is 0.287 e. The summed E-state index contributed by atoms with van der Waals surface area (Å²) in [6, 6.07) is 3.75. The highest BCUT2D eigenvalue weighted by Crippen LogP contribution is 2.16. The fraction of sp³-hybridized carbons (Fsp3) is 0.273. The highest BCUT2D eigenvalue weighted by molar-refractivity contribution is 7.17. The van der Waals surface area contributed by atoms with Crippen molar-refractivity contribution in [2.75, 3.05) is 17.7 Å². The Morgan fingerprint density at radius 2 is 2.06 bits per heavy atom. The van der Waals surface area contributed by atoms with E-state index in [4.69, 9.17) is 0 Å². The predicted molar refractivity (Wildman–Crippen MR) is 71.1 cm³/mol. The third kappa shape index (κ3) is 2.80. The van der Waals surface area contributed by atoms with Crippen molar-refractivity contribution in [1.29, 1.82) is 0 Å².